The minimum absolute atomic E-state index is 0. The van der Waals surface area contributed by atoms with Gasteiger partial charge in [-0.1, -0.05) is 6.07 Å². The summed E-state index contributed by atoms with van der Waals surface area (Å²) in [6.45, 7) is 3.93. The van der Waals surface area contributed by atoms with E-state index >= 15 is 0 Å². The summed E-state index contributed by atoms with van der Waals surface area (Å²) in [6.07, 6.45) is 1.08. The molecular formula is C26H28ClFN4O3. The molecule has 0 unspecified atom stereocenters. The van der Waals surface area contributed by atoms with Gasteiger partial charge in [0.1, 0.15) is 11.6 Å². The number of hydrogen-bond donors (Lipinski definition) is 3. The van der Waals surface area contributed by atoms with Gasteiger partial charge in [-0.15, -0.1) is 12.4 Å². The maximum absolute atomic E-state index is 13.1. The summed E-state index contributed by atoms with van der Waals surface area (Å²) in [5.41, 5.74) is 1.94. The number of phenols is 1. The van der Waals surface area contributed by atoms with Crippen molar-refractivity contribution >= 4 is 41.3 Å². The van der Waals surface area contributed by atoms with Gasteiger partial charge in [0.25, 0.3) is 11.8 Å². The van der Waals surface area contributed by atoms with Gasteiger partial charge in [0.15, 0.2) is 0 Å². The Morgan fingerprint density at radius 1 is 0.857 bits per heavy atom. The van der Waals surface area contributed by atoms with Gasteiger partial charge in [-0.05, 0) is 80.7 Å². The monoisotopic (exact) mass is 498 g/mol. The molecule has 1 aliphatic rings. The van der Waals surface area contributed by atoms with Gasteiger partial charge in [-0.2, -0.15) is 0 Å². The number of nitrogens with one attached hydrogen (secondary N) is 2. The van der Waals surface area contributed by atoms with E-state index in [2.05, 4.69) is 27.5 Å². The number of halogens is 2. The summed E-state index contributed by atoms with van der Waals surface area (Å²) in [5, 5.41) is 15.6. The average molecular weight is 499 g/mol. The van der Waals surface area contributed by atoms with Crippen LogP contribution in [0, 0.1) is 5.82 Å². The smallest absolute Gasteiger partial charge is 0.257 e. The van der Waals surface area contributed by atoms with Gasteiger partial charge in [-0.25, -0.2) is 4.39 Å². The fraction of sp³-hybridized carbons (Fsp3) is 0.231. The Bertz CT molecular complexity index is 1170. The Morgan fingerprint density at radius 2 is 1.57 bits per heavy atom. The van der Waals surface area contributed by atoms with Crippen LogP contribution in [0.1, 0.15) is 27.1 Å². The van der Waals surface area contributed by atoms with Crippen LogP contribution in [-0.4, -0.2) is 55.0 Å². The third-order valence-corrected chi connectivity index (χ3v) is 5.84. The Kier molecular flexibility index (Phi) is 8.68. The molecule has 0 radical (unpaired) electrons. The second kappa shape index (κ2) is 11.7. The van der Waals surface area contributed by atoms with Crippen LogP contribution < -0.4 is 15.5 Å². The first kappa shape index (κ1) is 26.0. The van der Waals surface area contributed by atoms with Gasteiger partial charge >= 0.3 is 0 Å². The van der Waals surface area contributed by atoms with E-state index in [-0.39, 0.29) is 29.4 Å². The number of carbonyl (C=O) groups is 2. The van der Waals surface area contributed by atoms with Gasteiger partial charge in [0.05, 0.1) is 11.3 Å². The molecular weight excluding hydrogens is 471 g/mol. The summed E-state index contributed by atoms with van der Waals surface area (Å²) >= 11 is 0. The first-order valence-corrected chi connectivity index (χ1v) is 11.1. The molecule has 0 bridgehead atoms. The van der Waals surface area contributed by atoms with Crippen molar-refractivity contribution < 1.29 is 19.1 Å². The highest BCUT2D eigenvalue weighted by Crippen LogP contribution is 2.29. The number of phenolic OH excluding ortho intramolecular Hbond substituents is 1. The fourth-order valence-electron chi connectivity index (χ4n) is 3.91. The van der Waals surface area contributed by atoms with Gasteiger partial charge < -0.3 is 25.5 Å². The largest absolute Gasteiger partial charge is 0.506 e. The molecule has 3 N–H and O–H groups in total. The van der Waals surface area contributed by atoms with E-state index in [4.69, 9.17) is 0 Å². The number of nitrogens with zero attached hydrogens (tertiary/aromatic N) is 2. The van der Waals surface area contributed by atoms with Crippen molar-refractivity contribution in [1.29, 1.82) is 0 Å². The molecule has 3 aromatic rings. The Morgan fingerprint density at radius 3 is 2.29 bits per heavy atom. The number of hydrogen-bond acceptors (Lipinski definition) is 5. The normalized spacial score (nSPS) is 13.9. The molecule has 2 amide bonds. The van der Waals surface area contributed by atoms with Crippen LogP contribution in [0.4, 0.5) is 21.5 Å². The average Bonchev–Trinajstić information content (AvgIpc) is 3.06. The summed E-state index contributed by atoms with van der Waals surface area (Å²) in [7, 11) is 2.12. The van der Waals surface area contributed by atoms with Crippen molar-refractivity contribution in [3.63, 3.8) is 0 Å². The van der Waals surface area contributed by atoms with Crippen molar-refractivity contribution in [2.75, 3.05) is 48.8 Å². The van der Waals surface area contributed by atoms with E-state index in [1.54, 1.807) is 12.1 Å². The molecule has 4 rings (SSSR count). The molecule has 0 spiro atoms. The molecule has 35 heavy (non-hydrogen) atoms. The molecule has 3 aromatic carbocycles. The second-order valence-corrected chi connectivity index (χ2v) is 8.31. The lowest BCUT2D eigenvalue weighted by Gasteiger charge is -2.23. The van der Waals surface area contributed by atoms with Crippen molar-refractivity contribution in [3.8, 4) is 5.75 Å². The minimum Gasteiger partial charge on any atom is -0.506 e. The standard InChI is InChI=1S/C26H27FN4O3.ClH/c1-30-14-3-15-31(17-16-30)21-12-6-18(7-13-21)25(33)29-24-22(4-2-5-23(24)32)26(34)28-20-10-8-19(27)9-11-20;/h2,4-13,32H,3,14-17H2,1H3,(H,28,34)(H,29,33);1H. The highest BCUT2D eigenvalue weighted by molar-refractivity contribution is 6.13. The quantitative estimate of drug-likeness (QED) is 0.448. The van der Waals surface area contributed by atoms with Gasteiger partial charge in [0.2, 0.25) is 0 Å². The molecule has 9 heteroatoms. The molecule has 7 nitrogen and oxygen atoms in total. The first-order valence-electron chi connectivity index (χ1n) is 11.1. The predicted octanol–water partition coefficient (Wildman–Crippen LogP) is 4.60. The van der Waals surface area contributed by atoms with Gasteiger partial charge in [-0.3, -0.25) is 9.59 Å². The van der Waals surface area contributed by atoms with Crippen molar-refractivity contribution in [3.05, 3.63) is 83.7 Å². The number of para-hydroxylation sites is 1. The summed E-state index contributed by atoms with van der Waals surface area (Å²) < 4.78 is 13.1. The summed E-state index contributed by atoms with van der Waals surface area (Å²) in [4.78, 5) is 30.3. The molecule has 0 atom stereocenters. The van der Waals surface area contributed by atoms with Crippen LogP contribution in [0.2, 0.25) is 0 Å². The van der Waals surface area contributed by atoms with Crippen LogP contribution >= 0.6 is 12.4 Å². The number of aromatic hydroxyl groups is 1. The predicted molar refractivity (Wildman–Crippen MR) is 138 cm³/mol. The van der Waals surface area contributed by atoms with Crippen LogP contribution in [0.3, 0.4) is 0 Å². The molecule has 1 heterocycles. The zero-order valence-electron chi connectivity index (χ0n) is 19.3. The van der Waals surface area contributed by atoms with Gasteiger partial charge in [0, 0.05) is 36.6 Å². The third-order valence-electron chi connectivity index (χ3n) is 5.84. The second-order valence-electron chi connectivity index (χ2n) is 8.31. The van der Waals surface area contributed by atoms with E-state index in [9.17, 15) is 19.1 Å². The van der Waals surface area contributed by atoms with E-state index in [0.717, 1.165) is 38.3 Å². The van der Waals surface area contributed by atoms with Crippen LogP contribution in [-0.2, 0) is 0 Å². The number of anilines is 3. The SMILES string of the molecule is CN1CCCN(c2ccc(C(=O)Nc3c(O)cccc3C(=O)Nc3ccc(F)cc3)cc2)CC1.Cl. The van der Waals surface area contributed by atoms with E-state index in [0.29, 0.717) is 11.3 Å². The number of benzene rings is 3. The minimum atomic E-state index is -0.542. The number of likely N-dealkylation sites (N-methyl/N-ethyl adjacent to an activating group) is 1. The lowest BCUT2D eigenvalue weighted by Crippen LogP contribution is -2.28. The maximum atomic E-state index is 13.1. The maximum Gasteiger partial charge on any atom is 0.257 e. The topological polar surface area (TPSA) is 84.9 Å². The zero-order valence-corrected chi connectivity index (χ0v) is 20.1. The Hall–Kier alpha value is -3.62. The van der Waals surface area contributed by atoms with E-state index < -0.39 is 17.6 Å². The van der Waals surface area contributed by atoms with Crippen molar-refractivity contribution in [2.24, 2.45) is 0 Å². The molecule has 1 aliphatic heterocycles. The lowest BCUT2D eigenvalue weighted by atomic mass is 10.1. The summed E-state index contributed by atoms with van der Waals surface area (Å²) in [5.74, 6) is -1.64. The number of carbonyl (C=O) groups excluding carboxylic acids is 2. The highest BCUT2D eigenvalue weighted by atomic mass is 35.5. The number of rotatable bonds is 5. The van der Waals surface area contributed by atoms with E-state index in [1.165, 1.54) is 42.5 Å². The third kappa shape index (κ3) is 6.49. The molecule has 0 saturated carbocycles. The summed E-state index contributed by atoms with van der Waals surface area (Å²) in [6, 6.07) is 17.0. The van der Waals surface area contributed by atoms with Crippen LogP contribution in [0.15, 0.2) is 66.7 Å². The van der Waals surface area contributed by atoms with Crippen molar-refractivity contribution in [2.45, 2.75) is 6.42 Å². The molecule has 184 valence electrons. The zero-order chi connectivity index (χ0) is 24.1. The first-order chi connectivity index (χ1) is 16.4. The van der Waals surface area contributed by atoms with Crippen molar-refractivity contribution in [1.82, 2.24) is 4.90 Å². The number of amides is 2. The molecule has 1 fully saturated rings. The van der Waals surface area contributed by atoms with Crippen LogP contribution in [0.5, 0.6) is 5.75 Å². The highest BCUT2D eigenvalue weighted by Gasteiger charge is 2.19. The molecule has 1 saturated heterocycles. The molecule has 0 aromatic heterocycles. The lowest BCUT2D eigenvalue weighted by molar-refractivity contribution is 0.102. The fourth-order valence-corrected chi connectivity index (χ4v) is 3.91. The Labute approximate surface area is 210 Å². The van der Waals surface area contributed by atoms with E-state index in [1.807, 2.05) is 12.1 Å². The Balaban J connectivity index is 0.00000342. The molecule has 0 aliphatic carbocycles. The van der Waals surface area contributed by atoms with Crippen LogP contribution in [0.25, 0.3) is 0 Å².